The molecule has 0 saturated heterocycles. The molecule has 1 aliphatic heterocycles. The molecule has 0 fully saturated rings. The van der Waals surface area contributed by atoms with Crippen LogP contribution < -0.4 is 56.7 Å². The number of nitrogens with one attached hydrogen (secondary N) is 1. The fourth-order valence-corrected chi connectivity index (χ4v) is 1.18. The van der Waals surface area contributed by atoms with Crippen LogP contribution in [0.3, 0.4) is 0 Å². The summed E-state index contributed by atoms with van der Waals surface area (Å²) in [4.78, 5) is 0. The van der Waals surface area contributed by atoms with Crippen LogP contribution in [0.25, 0.3) is 0 Å². The summed E-state index contributed by atoms with van der Waals surface area (Å²) < 4.78 is 0. The average Bonchev–Trinajstić information content (AvgIpc) is 2.33. The van der Waals surface area contributed by atoms with Gasteiger partial charge in [0.1, 0.15) is 0 Å². The topological polar surface area (TPSA) is 12.0 Å². The van der Waals surface area contributed by atoms with Crippen LogP contribution in [0.5, 0.6) is 0 Å². The fourth-order valence-electron chi connectivity index (χ4n) is 1.18. The molecule has 10 heavy (non-hydrogen) atoms. The van der Waals surface area contributed by atoms with Gasteiger partial charge in [0, 0.05) is 6.54 Å². The summed E-state index contributed by atoms with van der Waals surface area (Å²) in [6, 6.07) is 9.12. The van der Waals surface area contributed by atoms with E-state index in [0.717, 1.165) is 13.0 Å². The summed E-state index contributed by atoms with van der Waals surface area (Å²) in [7, 11) is 0. The summed E-state index contributed by atoms with van der Waals surface area (Å²) in [6.45, 7) is 1.09. The van der Waals surface area contributed by atoms with E-state index in [1.807, 2.05) is 6.07 Å². The van der Waals surface area contributed by atoms with Crippen LogP contribution in [-0.2, 0) is 6.42 Å². The molecule has 2 heteroatoms. The molecule has 0 atom stereocenters. The van der Waals surface area contributed by atoms with Crippen molar-refractivity contribution in [1.29, 1.82) is 0 Å². The van der Waals surface area contributed by atoms with Crippen LogP contribution in [-0.4, -0.2) is 6.54 Å². The molecule has 46 valence electrons. The largest absolute Gasteiger partial charge is 1.00 e. The minimum atomic E-state index is 0. The molecule has 0 unspecified atom stereocenters. The van der Waals surface area contributed by atoms with Crippen molar-refractivity contribution in [1.82, 2.24) is 0 Å². The summed E-state index contributed by atoms with van der Waals surface area (Å²) in [6.07, 6.45) is 1.16. The van der Waals surface area contributed by atoms with Gasteiger partial charge in [-0.15, -0.1) is 11.6 Å². The standard InChI is InChI=1S/C8H8N.K/c1-2-4-8-7(3-1)5-6-9-8;/h2-4,9H,5-6H2;/q-1;+1. The maximum absolute atomic E-state index is 3.28. The van der Waals surface area contributed by atoms with E-state index in [9.17, 15) is 0 Å². The van der Waals surface area contributed by atoms with Crippen LogP contribution >= 0.6 is 0 Å². The van der Waals surface area contributed by atoms with E-state index in [4.69, 9.17) is 0 Å². The number of anilines is 1. The second-order valence-electron chi connectivity index (χ2n) is 2.26. The Hall–Kier alpha value is 0.656. The van der Waals surface area contributed by atoms with Crippen molar-refractivity contribution in [3.63, 3.8) is 0 Å². The van der Waals surface area contributed by atoms with Crippen molar-refractivity contribution in [3.8, 4) is 0 Å². The van der Waals surface area contributed by atoms with Gasteiger partial charge >= 0.3 is 51.4 Å². The van der Waals surface area contributed by atoms with E-state index in [2.05, 4.69) is 23.5 Å². The molecule has 0 radical (unpaired) electrons. The quantitative estimate of drug-likeness (QED) is 0.355. The second kappa shape index (κ2) is 3.88. The first kappa shape index (κ1) is 8.75. The molecule has 1 nitrogen and oxygen atoms in total. The maximum atomic E-state index is 3.28. The molecule has 0 aromatic heterocycles. The third-order valence-corrected chi connectivity index (χ3v) is 1.66. The summed E-state index contributed by atoms with van der Waals surface area (Å²) >= 11 is 0. The van der Waals surface area contributed by atoms with Gasteiger partial charge in [-0.1, -0.05) is 12.1 Å². The van der Waals surface area contributed by atoms with E-state index in [-0.39, 0.29) is 51.4 Å². The summed E-state index contributed by atoms with van der Waals surface area (Å²) in [5, 5.41) is 3.28. The smallest absolute Gasteiger partial charge is 0.407 e. The third kappa shape index (κ3) is 1.63. The molecule has 1 heterocycles. The first-order valence-electron chi connectivity index (χ1n) is 3.20. The summed E-state index contributed by atoms with van der Waals surface area (Å²) in [5.74, 6) is 0. The SMILES string of the molecule is [K+].[c-]1ccc2c(c1)CCN2. The zero-order chi connectivity index (χ0) is 6.10. The third-order valence-electron chi connectivity index (χ3n) is 1.66. The molecule has 1 aliphatic rings. The molecule has 0 bridgehead atoms. The Morgan fingerprint density at radius 2 is 2.40 bits per heavy atom. The van der Waals surface area contributed by atoms with Gasteiger partial charge in [-0.05, 0) is 0 Å². The van der Waals surface area contributed by atoms with E-state index >= 15 is 0 Å². The normalized spacial score (nSPS) is 13.2. The zero-order valence-electron chi connectivity index (χ0n) is 6.15. The first-order valence-corrected chi connectivity index (χ1v) is 3.20. The van der Waals surface area contributed by atoms with Gasteiger partial charge in [-0.25, -0.2) is 0 Å². The van der Waals surface area contributed by atoms with Gasteiger partial charge in [-0.3, -0.25) is 0 Å². The van der Waals surface area contributed by atoms with Crippen molar-refractivity contribution >= 4 is 5.69 Å². The van der Waals surface area contributed by atoms with Crippen LogP contribution in [0.1, 0.15) is 5.56 Å². The number of benzene rings is 1. The van der Waals surface area contributed by atoms with E-state index in [0.29, 0.717) is 0 Å². The average molecular weight is 157 g/mol. The molecule has 0 amide bonds. The monoisotopic (exact) mass is 157 g/mol. The number of hydrogen-bond donors (Lipinski definition) is 1. The van der Waals surface area contributed by atoms with E-state index in [1.54, 1.807) is 0 Å². The maximum Gasteiger partial charge on any atom is 1.00 e. The Labute approximate surface area is 104 Å². The molecule has 1 aromatic rings. The minimum absolute atomic E-state index is 0. The molecule has 0 spiro atoms. The predicted molar refractivity (Wildman–Crippen MR) is 37.5 cm³/mol. The zero-order valence-corrected chi connectivity index (χ0v) is 9.27. The van der Waals surface area contributed by atoms with Crippen molar-refractivity contribution in [3.05, 3.63) is 29.8 Å². The van der Waals surface area contributed by atoms with Gasteiger partial charge in [-0.2, -0.15) is 18.2 Å². The van der Waals surface area contributed by atoms with Gasteiger partial charge in [0.25, 0.3) is 0 Å². The van der Waals surface area contributed by atoms with Crippen molar-refractivity contribution in [2.75, 3.05) is 11.9 Å². The van der Waals surface area contributed by atoms with Gasteiger partial charge in [0.15, 0.2) is 0 Å². The Kier molecular flexibility index (Phi) is 3.39. The van der Waals surface area contributed by atoms with E-state index in [1.165, 1.54) is 11.3 Å². The Bertz CT molecular complexity index is 199. The molecular formula is C8H8KN. The molecule has 0 aliphatic carbocycles. The fraction of sp³-hybridized carbons (Fsp3) is 0.250. The molecule has 1 N–H and O–H groups in total. The molecule has 0 saturated carbocycles. The van der Waals surface area contributed by atoms with Gasteiger partial charge in [0.05, 0.1) is 0 Å². The van der Waals surface area contributed by atoms with Crippen LogP contribution in [0, 0.1) is 6.07 Å². The molecular weight excluding hydrogens is 149 g/mol. The first-order chi connectivity index (χ1) is 4.47. The van der Waals surface area contributed by atoms with Crippen molar-refractivity contribution in [2.45, 2.75) is 6.42 Å². The minimum Gasteiger partial charge on any atom is -0.407 e. The van der Waals surface area contributed by atoms with Crippen LogP contribution in [0.2, 0.25) is 0 Å². The van der Waals surface area contributed by atoms with Crippen LogP contribution in [0.15, 0.2) is 18.2 Å². The van der Waals surface area contributed by atoms with Crippen molar-refractivity contribution in [2.24, 2.45) is 0 Å². The van der Waals surface area contributed by atoms with Crippen LogP contribution in [0.4, 0.5) is 5.69 Å². The number of fused-ring (bicyclic) bond motifs is 1. The van der Waals surface area contributed by atoms with Crippen molar-refractivity contribution < 1.29 is 51.4 Å². The number of rotatable bonds is 0. The van der Waals surface area contributed by atoms with E-state index < -0.39 is 0 Å². The second-order valence-corrected chi connectivity index (χ2v) is 2.26. The Morgan fingerprint density at radius 3 is 3.20 bits per heavy atom. The number of hydrogen-bond acceptors (Lipinski definition) is 1. The molecule has 1 aromatic carbocycles. The van der Waals surface area contributed by atoms with Gasteiger partial charge < -0.3 is 5.32 Å². The Balaban J connectivity index is 0.000000500. The Morgan fingerprint density at radius 1 is 1.50 bits per heavy atom. The predicted octanol–water partition coefficient (Wildman–Crippen LogP) is -1.54. The summed E-state index contributed by atoms with van der Waals surface area (Å²) in [5.41, 5.74) is 2.69. The molecule has 2 rings (SSSR count). The van der Waals surface area contributed by atoms with Gasteiger partial charge in [0.2, 0.25) is 0 Å².